The zero-order chi connectivity index (χ0) is 15.0. The Morgan fingerprint density at radius 1 is 1.48 bits per heavy atom. The van der Waals surface area contributed by atoms with E-state index in [9.17, 15) is 10.1 Å². The lowest BCUT2D eigenvalue weighted by molar-refractivity contribution is -0.385. The summed E-state index contributed by atoms with van der Waals surface area (Å²) < 4.78 is 0.699. The van der Waals surface area contributed by atoms with E-state index < -0.39 is 4.92 Å². The summed E-state index contributed by atoms with van der Waals surface area (Å²) >= 11 is 3.45. The number of rotatable bonds is 4. The van der Waals surface area contributed by atoms with Crippen LogP contribution in [0.15, 0.2) is 16.7 Å². The minimum atomic E-state index is -0.414. The third-order valence-electron chi connectivity index (χ3n) is 4.52. The van der Waals surface area contributed by atoms with Gasteiger partial charge < -0.3 is 10.2 Å². The number of nitro groups is 1. The van der Waals surface area contributed by atoms with Crippen LogP contribution in [0.5, 0.6) is 0 Å². The van der Waals surface area contributed by atoms with Crippen molar-refractivity contribution in [3.05, 3.63) is 26.9 Å². The fourth-order valence-corrected chi connectivity index (χ4v) is 4.16. The van der Waals surface area contributed by atoms with E-state index in [1.54, 1.807) is 6.07 Å². The van der Waals surface area contributed by atoms with Crippen LogP contribution >= 0.6 is 15.9 Å². The first kappa shape index (κ1) is 14.7. The van der Waals surface area contributed by atoms with Gasteiger partial charge >= 0.3 is 0 Å². The summed E-state index contributed by atoms with van der Waals surface area (Å²) in [5.74, 6) is 0.814. The molecular weight excluding hydrogens is 336 g/mol. The molecule has 114 valence electrons. The smallest absolute Gasteiger partial charge is 0.288 e. The molecule has 0 amide bonds. The number of hydrogen-bond acceptors (Lipinski definition) is 5. The Hall–Kier alpha value is -1.21. The highest BCUT2D eigenvalue weighted by molar-refractivity contribution is 9.10. The molecule has 6 nitrogen and oxygen atoms in total. The van der Waals surface area contributed by atoms with Gasteiger partial charge in [0.2, 0.25) is 0 Å². The molecule has 2 aliphatic heterocycles. The highest BCUT2D eigenvalue weighted by atomic mass is 79.9. The molecule has 3 rings (SSSR count). The van der Waals surface area contributed by atoms with Gasteiger partial charge in [-0.1, -0.05) is 0 Å². The minimum Gasteiger partial charge on any atom is -0.353 e. The van der Waals surface area contributed by atoms with Crippen molar-refractivity contribution in [3.8, 4) is 0 Å². The predicted octanol–water partition coefficient (Wildman–Crippen LogP) is 2.86. The molecule has 2 atom stereocenters. The lowest BCUT2D eigenvalue weighted by atomic mass is 9.98. The normalized spacial score (nSPS) is 27.6. The van der Waals surface area contributed by atoms with Crippen molar-refractivity contribution in [1.82, 2.24) is 10.3 Å². The number of nitrogens with zero attached hydrogens (tertiary/aromatic N) is 3. The summed E-state index contributed by atoms with van der Waals surface area (Å²) in [6.07, 6.45) is 6.10. The maximum Gasteiger partial charge on any atom is 0.288 e. The molecule has 0 saturated carbocycles. The van der Waals surface area contributed by atoms with Gasteiger partial charge in [0.15, 0.2) is 0 Å². The molecule has 2 fully saturated rings. The fourth-order valence-electron chi connectivity index (χ4n) is 3.59. The number of fused-ring (bicyclic) bond motifs is 2. The molecule has 0 spiro atoms. The van der Waals surface area contributed by atoms with E-state index in [2.05, 4.69) is 38.1 Å². The first-order valence-electron chi connectivity index (χ1n) is 7.41. The van der Waals surface area contributed by atoms with Gasteiger partial charge in [0.25, 0.3) is 5.69 Å². The van der Waals surface area contributed by atoms with Crippen LogP contribution < -0.4 is 10.2 Å². The summed E-state index contributed by atoms with van der Waals surface area (Å²) in [6.45, 7) is 2.97. The molecule has 2 bridgehead atoms. The average Bonchev–Trinajstić information content (AvgIpc) is 2.80. The van der Waals surface area contributed by atoms with Crippen molar-refractivity contribution < 1.29 is 4.92 Å². The summed E-state index contributed by atoms with van der Waals surface area (Å²) in [5, 5.41) is 14.5. The molecular formula is C14H19BrN4O2. The Morgan fingerprint density at radius 2 is 2.14 bits per heavy atom. The SMILES string of the molecule is CCN(c1ncc([N+](=O)[O-])cc1Br)C1CC2CCC(C1)N2. The Balaban J connectivity index is 1.84. The van der Waals surface area contributed by atoms with Crippen LogP contribution in [0.3, 0.4) is 0 Å². The topological polar surface area (TPSA) is 71.3 Å². The van der Waals surface area contributed by atoms with Gasteiger partial charge in [-0.05, 0) is 48.5 Å². The van der Waals surface area contributed by atoms with Crippen molar-refractivity contribution in [3.63, 3.8) is 0 Å². The lowest BCUT2D eigenvalue weighted by Gasteiger charge is -2.38. The summed E-state index contributed by atoms with van der Waals surface area (Å²) in [5.41, 5.74) is 0.0204. The molecule has 2 unspecified atom stereocenters. The van der Waals surface area contributed by atoms with Crippen LogP contribution in [0.1, 0.15) is 32.6 Å². The van der Waals surface area contributed by atoms with Crippen LogP contribution in [0.25, 0.3) is 0 Å². The first-order chi connectivity index (χ1) is 10.1. The maximum atomic E-state index is 10.8. The molecule has 21 heavy (non-hydrogen) atoms. The zero-order valence-electron chi connectivity index (χ0n) is 12.0. The summed E-state index contributed by atoms with van der Waals surface area (Å²) in [7, 11) is 0. The highest BCUT2D eigenvalue weighted by Crippen LogP contribution is 2.35. The molecule has 2 aliphatic rings. The standard InChI is InChI=1S/C14H19BrN4O2/c1-2-18(11-5-9-3-4-10(6-11)17-9)14-13(15)7-12(8-16-14)19(20)21/h7-11,17H,2-6H2,1H3. The Morgan fingerprint density at radius 3 is 2.67 bits per heavy atom. The van der Waals surface area contributed by atoms with Crippen LogP contribution in [0.2, 0.25) is 0 Å². The molecule has 1 aromatic heterocycles. The molecule has 2 saturated heterocycles. The largest absolute Gasteiger partial charge is 0.353 e. The molecule has 3 heterocycles. The zero-order valence-corrected chi connectivity index (χ0v) is 13.5. The van der Waals surface area contributed by atoms with E-state index in [0.717, 1.165) is 25.2 Å². The highest BCUT2D eigenvalue weighted by Gasteiger charge is 2.36. The molecule has 1 N–H and O–H groups in total. The van der Waals surface area contributed by atoms with Crippen LogP contribution in [-0.4, -0.2) is 34.6 Å². The second kappa shape index (κ2) is 5.88. The predicted molar refractivity (Wildman–Crippen MR) is 84.6 cm³/mol. The van der Waals surface area contributed by atoms with Crippen molar-refractivity contribution in [2.45, 2.75) is 50.7 Å². The Labute approximate surface area is 132 Å². The van der Waals surface area contributed by atoms with Crippen molar-refractivity contribution in [2.24, 2.45) is 0 Å². The number of nitrogens with one attached hydrogen (secondary N) is 1. The molecule has 1 aromatic rings. The van der Waals surface area contributed by atoms with Crippen LogP contribution in [-0.2, 0) is 0 Å². The molecule has 0 aliphatic carbocycles. The number of anilines is 1. The first-order valence-corrected chi connectivity index (χ1v) is 8.20. The summed E-state index contributed by atoms with van der Waals surface area (Å²) in [6, 6.07) is 3.22. The van der Waals surface area contributed by atoms with E-state index in [-0.39, 0.29) is 5.69 Å². The second-order valence-electron chi connectivity index (χ2n) is 5.81. The van der Waals surface area contributed by atoms with E-state index in [1.807, 2.05) is 0 Å². The Kier molecular flexibility index (Phi) is 4.12. The second-order valence-corrected chi connectivity index (χ2v) is 6.66. The minimum absolute atomic E-state index is 0.0204. The maximum absolute atomic E-state index is 10.8. The third-order valence-corrected chi connectivity index (χ3v) is 5.10. The van der Waals surface area contributed by atoms with Gasteiger partial charge in [-0.25, -0.2) is 4.98 Å². The van der Waals surface area contributed by atoms with E-state index in [1.165, 1.54) is 19.0 Å². The number of piperidine rings is 1. The lowest BCUT2D eigenvalue weighted by Crippen LogP contribution is -2.48. The van der Waals surface area contributed by atoms with Gasteiger partial charge in [0.05, 0.1) is 9.40 Å². The summed E-state index contributed by atoms with van der Waals surface area (Å²) in [4.78, 5) is 17.0. The Bertz CT molecular complexity index is 542. The van der Waals surface area contributed by atoms with E-state index >= 15 is 0 Å². The van der Waals surface area contributed by atoms with E-state index in [4.69, 9.17) is 0 Å². The number of hydrogen-bond donors (Lipinski definition) is 1. The van der Waals surface area contributed by atoms with Crippen LogP contribution in [0.4, 0.5) is 11.5 Å². The number of aromatic nitrogens is 1. The van der Waals surface area contributed by atoms with Crippen molar-refractivity contribution >= 4 is 27.4 Å². The molecule has 7 heteroatoms. The van der Waals surface area contributed by atoms with Gasteiger partial charge in [0, 0.05) is 30.7 Å². The number of halogens is 1. The van der Waals surface area contributed by atoms with Gasteiger partial charge in [-0.2, -0.15) is 0 Å². The van der Waals surface area contributed by atoms with Crippen molar-refractivity contribution in [1.29, 1.82) is 0 Å². The molecule has 0 aromatic carbocycles. The third kappa shape index (κ3) is 2.89. The molecule has 0 radical (unpaired) electrons. The quantitative estimate of drug-likeness (QED) is 0.664. The van der Waals surface area contributed by atoms with Crippen molar-refractivity contribution in [2.75, 3.05) is 11.4 Å². The fraction of sp³-hybridized carbons (Fsp3) is 0.643. The van der Waals surface area contributed by atoms with E-state index in [0.29, 0.717) is 22.6 Å². The number of pyridine rings is 1. The monoisotopic (exact) mass is 354 g/mol. The van der Waals surface area contributed by atoms with Gasteiger partial charge in [-0.3, -0.25) is 10.1 Å². The van der Waals surface area contributed by atoms with Gasteiger partial charge in [-0.15, -0.1) is 0 Å². The average molecular weight is 355 g/mol. The van der Waals surface area contributed by atoms with Crippen LogP contribution in [0, 0.1) is 10.1 Å². The van der Waals surface area contributed by atoms with Gasteiger partial charge in [0.1, 0.15) is 12.0 Å².